The average Bonchev–Trinajstić information content (AvgIpc) is 3.05. The smallest absolute Gasteiger partial charge is 0.254 e. The SMILES string of the molecule is O=C1N[C@]2(OCC/C2=C\c2ccc(Cl)cc2)c2ccccc21. The highest BCUT2D eigenvalue weighted by molar-refractivity contribution is 6.30. The van der Waals surface area contributed by atoms with E-state index in [1.54, 1.807) is 0 Å². The molecule has 1 amide bonds. The Balaban J connectivity index is 1.82. The molecule has 2 aromatic rings. The zero-order chi connectivity index (χ0) is 15.2. The number of carbonyl (C=O) groups excluding carboxylic acids is 1. The van der Waals surface area contributed by atoms with Gasteiger partial charge in [-0.05, 0) is 35.8 Å². The fraction of sp³-hybridized carbons (Fsp3) is 0.167. The van der Waals surface area contributed by atoms with Gasteiger partial charge in [-0.25, -0.2) is 0 Å². The van der Waals surface area contributed by atoms with Gasteiger partial charge in [0, 0.05) is 16.1 Å². The van der Waals surface area contributed by atoms with Gasteiger partial charge in [0.05, 0.1) is 6.61 Å². The number of hydrogen-bond donors (Lipinski definition) is 1. The first-order valence-corrected chi connectivity index (χ1v) is 7.59. The van der Waals surface area contributed by atoms with Crippen molar-refractivity contribution in [3.8, 4) is 0 Å². The molecule has 0 aromatic heterocycles. The first-order chi connectivity index (χ1) is 10.7. The number of nitrogens with one attached hydrogen (secondary N) is 1. The Hall–Kier alpha value is -2.10. The number of ether oxygens (including phenoxy) is 1. The van der Waals surface area contributed by atoms with E-state index in [0.717, 1.165) is 23.1 Å². The van der Waals surface area contributed by atoms with Gasteiger partial charge in [0.15, 0.2) is 5.72 Å². The maximum Gasteiger partial charge on any atom is 0.254 e. The Morgan fingerprint density at radius 3 is 2.73 bits per heavy atom. The van der Waals surface area contributed by atoms with Crippen molar-refractivity contribution in [2.45, 2.75) is 12.1 Å². The molecule has 2 aliphatic rings. The summed E-state index contributed by atoms with van der Waals surface area (Å²) in [4.78, 5) is 12.2. The van der Waals surface area contributed by atoms with Gasteiger partial charge in [0.2, 0.25) is 0 Å². The minimum absolute atomic E-state index is 0.0838. The molecule has 2 aliphatic heterocycles. The summed E-state index contributed by atoms with van der Waals surface area (Å²) in [5.74, 6) is -0.0838. The molecule has 1 saturated heterocycles. The lowest BCUT2D eigenvalue weighted by Gasteiger charge is -2.26. The predicted octanol–water partition coefficient (Wildman–Crippen LogP) is 3.74. The molecule has 1 spiro atoms. The van der Waals surface area contributed by atoms with Gasteiger partial charge in [0.25, 0.3) is 5.91 Å². The minimum Gasteiger partial charge on any atom is -0.347 e. The lowest BCUT2D eigenvalue weighted by Crippen LogP contribution is -2.39. The zero-order valence-electron chi connectivity index (χ0n) is 11.8. The quantitative estimate of drug-likeness (QED) is 0.871. The molecular weight excluding hydrogens is 298 g/mol. The van der Waals surface area contributed by atoms with Crippen LogP contribution in [0.4, 0.5) is 0 Å². The van der Waals surface area contributed by atoms with Crippen LogP contribution in [0.1, 0.15) is 27.9 Å². The summed E-state index contributed by atoms with van der Waals surface area (Å²) in [6.07, 6.45) is 2.86. The molecule has 4 heteroatoms. The maximum atomic E-state index is 12.2. The van der Waals surface area contributed by atoms with Crippen molar-refractivity contribution in [1.82, 2.24) is 5.32 Å². The van der Waals surface area contributed by atoms with E-state index < -0.39 is 5.72 Å². The van der Waals surface area contributed by atoms with E-state index in [-0.39, 0.29) is 5.91 Å². The van der Waals surface area contributed by atoms with Crippen molar-refractivity contribution in [3.05, 3.63) is 75.8 Å². The van der Waals surface area contributed by atoms with Crippen molar-refractivity contribution >= 4 is 23.6 Å². The molecule has 1 atom stereocenters. The van der Waals surface area contributed by atoms with Crippen LogP contribution in [0.15, 0.2) is 54.1 Å². The number of rotatable bonds is 1. The van der Waals surface area contributed by atoms with E-state index in [2.05, 4.69) is 11.4 Å². The van der Waals surface area contributed by atoms with Crippen molar-refractivity contribution in [1.29, 1.82) is 0 Å². The molecule has 0 saturated carbocycles. The molecular formula is C18H14ClNO2. The highest BCUT2D eigenvalue weighted by Gasteiger charge is 2.49. The van der Waals surface area contributed by atoms with Crippen LogP contribution in [-0.2, 0) is 10.5 Å². The average molecular weight is 312 g/mol. The Labute approximate surface area is 133 Å². The van der Waals surface area contributed by atoms with Gasteiger partial charge in [-0.15, -0.1) is 0 Å². The third kappa shape index (κ3) is 1.97. The van der Waals surface area contributed by atoms with Crippen molar-refractivity contribution in [2.75, 3.05) is 6.61 Å². The van der Waals surface area contributed by atoms with E-state index in [1.165, 1.54) is 0 Å². The third-order valence-electron chi connectivity index (χ3n) is 4.19. The van der Waals surface area contributed by atoms with Gasteiger partial charge >= 0.3 is 0 Å². The predicted molar refractivity (Wildman–Crippen MR) is 85.6 cm³/mol. The topological polar surface area (TPSA) is 38.3 Å². The van der Waals surface area contributed by atoms with Crippen molar-refractivity contribution in [3.63, 3.8) is 0 Å². The van der Waals surface area contributed by atoms with E-state index >= 15 is 0 Å². The summed E-state index contributed by atoms with van der Waals surface area (Å²) in [6.45, 7) is 0.591. The van der Waals surface area contributed by atoms with Crippen molar-refractivity contribution < 1.29 is 9.53 Å². The summed E-state index contributed by atoms with van der Waals surface area (Å²) in [5, 5.41) is 3.73. The van der Waals surface area contributed by atoms with Crippen LogP contribution in [0, 0.1) is 0 Å². The van der Waals surface area contributed by atoms with Gasteiger partial charge in [-0.1, -0.05) is 48.0 Å². The molecule has 2 heterocycles. The highest BCUT2D eigenvalue weighted by atomic mass is 35.5. The molecule has 0 unspecified atom stereocenters. The fourth-order valence-corrected chi connectivity index (χ4v) is 3.29. The van der Waals surface area contributed by atoms with Crippen molar-refractivity contribution in [2.24, 2.45) is 0 Å². The van der Waals surface area contributed by atoms with Crippen LogP contribution in [0.25, 0.3) is 6.08 Å². The maximum absolute atomic E-state index is 12.2. The largest absolute Gasteiger partial charge is 0.347 e. The molecule has 110 valence electrons. The Kier molecular flexibility index (Phi) is 3.06. The Bertz CT molecular complexity index is 782. The second-order valence-corrected chi connectivity index (χ2v) is 5.94. The number of amides is 1. The molecule has 0 radical (unpaired) electrons. The summed E-state index contributed by atoms with van der Waals surface area (Å²) in [6, 6.07) is 15.2. The van der Waals surface area contributed by atoms with Crippen LogP contribution in [0.3, 0.4) is 0 Å². The standard InChI is InChI=1S/C18H14ClNO2/c19-14-7-5-12(6-8-14)11-13-9-10-22-18(13)16-4-2-1-3-15(16)17(21)20-18/h1-8,11H,9-10H2,(H,20,21)/b13-11+/t18-/m1/s1. The van der Waals surface area contributed by atoms with E-state index in [0.29, 0.717) is 17.2 Å². The summed E-state index contributed by atoms with van der Waals surface area (Å²) in [5.41, 5.74) is 2.88. The van der Waals surface area contributed by atoms with Crippen LogP contribution >= 0.6 is 11.6 Å². The number of hydrogen-bond acceptors (Lipinski definition) is 2. The summed E-state index contributed by atoms with van der Waals surface area (Å²) < 4.78 is 5.98. The Morgan fingerprint density at radius 2 is 1.91 bits per heavy atom. The van der Waals surface area contributed by atoms with E-state index in [1.807, 2.05) is 48.5 Å². The molecule has 4 rings (SSSR count). The zero-order valence-corrected chi connectivity index (χ0v) is 12.6. The summed E-state index contributed by atoms with van der Waals surface area (Å²) in [7, 11) is 0. The minimum atomic E-state index is -0.812. The Morgan fingerprint density at radius 1 is 1.14 bits per heavy atom. The second kappa shape index (κ2) is 4.97. The normalized spacial score (nSPS) is 24.8. The number of carbonyl (C=O) groups is 1. The monoisotopic (exact) mass is 311 g/mol. The number of halogens is 1. The molecule has 2 aromatic carbocycles. The molecule has 1 N–H and O–H groups in total. The van der Waals surface area contributed by atoms with Crippen LogP contribution < -0.4 is 5.32 Å². The number of benzene rings is 2. The van der Waals surface area contributed by atoms with Crippen LogP contribution in [0.5, 0.6) is 0 Å². The molecule has 22 heavy (non-hydrogen) atoms. The molecule has 1 fully saturated rings. The van der Waals surface area contributed by atoms with Gasteiger partial charge < -0.3 is 10.1 Å². The molecule has 0 bridgehead atoms. The second-order valence-electron chi connectivity index (χ2n) is 5.50. The van der Waals surface area contributed by atoms with E-state index in [4.69, 9.17) is 16.3 Å². The van der Waals surface area contributed by atoms with E-state index in [9.17, 15) is 4.79 Å². The first kappa shape index (κ1) is 13.6. The molecule has 3 nitrogen and oxygen atoms in total. The lowest BCUT2D eigenvalue weighted by atomic mass is 9.93. The van der Waals surface area contributed by atoms with Gasteiger partial charge in [-0.3, -0.25) is 4.79 Å². The van der Waals surface area contributed by atoms with Crippen LogP contribution in [-0.4, -0.2) is 12.5 Å². The fourth-order valence-electron chi connectivity index (χ4n) is 3.17. The molecule has 0 aliphatic carbocycles. The first-order valence-electron chi connectivity index (χ1n) is 7.22. The lowest BCUT2D eigenvalue weighted by molar-refractivity contribution is 0.00401. The van der Waals surface area contributed by atoms with Crippen LogP contribution in [0.2, 0.25) is 5.02 Å². The highest BCUT2D eigenvalue weighted by Crippen LogP contribution is 2.44. The van der Waals surface area contributed by atoms with Gasteiger partial charge in [0.1, 0.15) is 0 Å². The van der Waals surface area contributed by atoms with Gasteiger partial charge in [-0.2, -0.15) is 0 Å². The number of fused-ring (bicyclic) bond motifs is 2. The summed E-state index contributed by atoms with van der Waals surface area (Å²) >= 11 is 5.93. The third-order valence-corrected chi connectivity index (χ3v) is 4.45.